The molecule has 90 valence electrons. The summed E-state index contributed by atoms with van der Waals surface area (Å²) in [6.45, 7) is 0. The lowest BCUT2D eigenvalue weighted by molar-refractivity contribution is 0.613. The summed E-state index contributed by atoms with van der Waals surface area (Å²) in [6, 6.07) is 12.2. The highest BCUT2D eigenvalue weighted by Gasteiger charge is 2.07. The van der Waals surface area contributed by atoms with Crippen LogP contribution in [0.15, 0.2) is 48.7 Å². The van der Waals surface area contributed by atoms with E-state index in [2.05, 4.69) is 4.98 Å². The molecule has 0 aliphatic carbocycles. The summed E-state index contributed by atoms with van der Waals surface area (Å²) in [5.41, 5.74) is 2.21. The first kappa shape index (κ1) is 11.2. The molecular weight excluding hydrogens is 251 g/mol. The highest BCUT2D eigenvalue weighted by Crippen LogP contribution is 2.17. The van der Waals surface area contributed by atoms with Crippen molar-refractivity contribution in [2.45, 2.75) is 6.42 Å². The summed E-state index contributed by atoms with van der Waals surface area (Å²) >= 11 is 6.05. The van der Waals surface area contributed by atoms with Gasteiger partial charge in [0.1, 0.15) is 16.6 Å². The maximum atomic E-state index is 13.5. The quantitative estimate of drug-likeness (QED) is 0.642. The van der Waals surface area contributed by atoms with Gasteiger partial charge in [0, 0.05) is 12.6 Å². The summed E-state index contributed by atoms with van der Waals surface area (Å²) in [7, 11) is 0. The average molecular weight is 261 g/mol. The van der Waals surface area contributed by atoms with Gasteiger partial charge in [-0.1, -0.05) is 35.9 Å². The van der Waals surface area contributed by atoms with Crippen LogP contribution < -0.4 is 0 Å². The Labute approximate surface area is 109 Å². The first-order chi connectivity index (χ1) is 8.74. The van der Waals surface area contributed by atoms with E-state index in [1.807, 2.05) is 24.4 Å². The topological polar surface area (TPSA) is 17.3 Å². The van der Waals surface area contributed by atoms with Crippen LogP contribution in [0, 0.1) is 5.82 Å². The molecule has 2 heterocycles. The number of aromatic nitrogens is 2. The van der Waals surface area contributed by atoms with E-state index in [1.54, 1.807) is 22.6 Å². The van der Waals surface area contributed by atoms with E-state index in [4.69, 9.17) is 11.6 Å². The summed E-state index contributed by atoms with van der Waals surface area (Å²) in [4.78, 5) is 4.42. The zero-order valence-electron chi connectivity index (χ0n) is 9.48. The smallest absolute Gasteiger partial charge is 0.138 e. The van der Waals surface area contributed by atoms with E-state index >= 15 is 0 Å². The predicted octanol–water partition coefficient (Wildman–Crippen LogP) is 3.72. The van der Waals surface area contributed by atoms with Crippen LogP contribution in [0.25, 0.3) is 5.65 Å². The van der Waals surface area contributed by atoms with Crippen molar-refractivity contribution >= 4 is 17.2 Å². The van der Waals surface area contributed by atoms with E-state index in [0.29, 0.717) is 17.1 Å². The van der Waals surface area contributed by atoms with Crippen LogP contribution in [0.4, 0.5) is 4.39 Å². The number of imidazole rings is 1. The van der Waals surface area contributed by atoms with Gasteiger partial charge in [-0.05, 0) is 23.8 Å². The molecular formula is C14H10ClFN2. The zero-order chi connectivity index (χ0) is 12.5. The lowest BCUT2D eigenvalue weighted by atomic mass is 10.1. The fraction of sp³-hybridized carbons (Fsp3) is 0.0714. The predicted molar refractivity (Wildman–Crippen MR) is 69.4 cm³/mol. The Morgan fingerprint density at radius 2 is 1.94 bits per heavy atom. The average Bonchev–Trinajstić information content (AvgIpc) is 2.76. The minimum absolute atomic E-state index is 0.208. The van der Waals surface area contributed by atoms with Gasteiger partial charge < -0.3 is 0 Å². The molecule has 2 aromatic heterocycles. The lowest BCUT2D eigenvalue weighted by Crippen LogP contribution is -1.91. The molecule has 0 fully saturated rings. The highest BCUT2D eigenvalue weighted by atomic mass is 35.5. The number of hydrogen-bond donors (Lipinski definition) is 0. The molecule has 3 rings (SSSR count). The Hall–Kier alpha value is -1.87. The highest BCUT2D eigenvalue weighted by molar-refractivity contribution is 6.29. The van der Waals surface area contributed by atoms with Gasteiger partial charge in [0.15, 0.2) is 0 Å². The molecule has 0 amide bonds. The monoisotopic (exact) mass is 260 g/mol. The molecule has 0 aliphatic heterocycles. The minimum Gasteiger partial charge on any atom is -0.290 e. The Morgan fingerprint density at radius 1 is 1.11 bits per heavy atom. The summed E-state index contributed by atoms with van der Waals surface area (Å²) in [5.74, 6) is -0.208. The maximum absolute atomic E-state index is 13.5. The number of pyridine rings is 1. The Morgan fingerprint density at radius 3 is 2.72 bits per heavy atom. The summed E-state index contributed by atoms with van der Waals surface area (Å²) in [5, 5.41) is 0.597. The van der Waals surface area contributed by atoms with Crippen molar-refractivity contribution < 1.29 is 4.39 Å². The van der Waals surface area contributed by atoms with Crippen LogP contribution in [0.3, 0.4) is 0 Å². The van der Waals surface area contributed by atoms with Gasteiger partial charge in [-0.15, -0.1) is 0 Å². The largest absolute Gasteiger partial charge is 0.290 e. The van der Waals surface area contributed by atoms with E-state index in [-0.39, 0.29) is 5.82 Å². The van der Waals surface area contributed by atoms with Crippen LogP contribution >= 0.6 is 11.6 Å². The fourth-order valence-corrected chi connectivity index (χ4v) is 2.16. The molecule has 0 N–H and O–H groups in total. The molecule has 3 aromatic rings. The first-order valence-electron chi connectivity index (χ1n) is 5.60. The Bertz CT molecular complexity index is 706. The summed E-state index contributed by atoms with van der Waals surface area (Å²) in [6.07, 6.45) is 2.30. The van der Waals surface area contributed by atoms with Crippen LogP contribution in [-0.4, -0.2) is 9.38 Å². The van der Waals surface area contributed by atoms with Crippen molar-refractivity contribution in [3.63, 3.8) is 0 Å². The van der Waals surface area contributed by atoms with Gasteiger partial charge in [-0.2, -0.15) is 0 Å². The van der Waals surface area contributed by atoms with Crippen molar-refractivity contribution in [2.75, 3.05) is 0 Å². The third-order valence-corrected chi connectivity index (χ3v) is 3.13. The third-order valence-electron chi connectivity index (χ3n) is 2.82. The number of halogens is 2. The van der Waals surface area contributed by atoms with E-state index in [9.17, 15) is 4.39 Å². The van der Waals surface area contributed by atoms with E-state index < -0.39 is 0 Å². The number of hydrogen-bond acceptors (Lipinski definition) is 1. The first-order valence-corrected chi connectivity index (χ1v) is 5.98. The zero-order valence-corrected chi connectivity index (χ0v) is 10.2. The van der Waals surface area contributed by atoms with Crippen molar-refractivity contribution in [1.82, 2.24) is 9.38 Å². The third kappa shape index (κ3) is 1.97. The van der Waals surface area contributed by atoms with Gasteiger partial charge in [-0.3, -0.25) is 4.40 Å². The van der Waals surface area contributed by atoms with Gasteiger partial charge in [-0.25, -0.2) is 9.37 Å². The molecule has 0 radical (unpaired) electrons. The molecule has 0 spiro atoms. The molecule has 0 saturated carbocycles. The molecule has 0 saturated heterocycles. The van der Waals surface area contributed by atoms with Gasteiger partial charge >= 0.3 is 0 Å². The second-order valence-corrected chi connectivity index (χ2v) is 4.46. The van der Waals surface area contributed by atoms with Gasteiger partial charge in [0.25, 0.3) is 0 Å². The van der Waals surface area contributed by atoms with Crippen LogP contribution in [-0.2, 0) is 6.42 Å². The van der Waals surface area contributed by atoms with Crippen molar-refractivity contribution in [3.8, 4) is 0 Å². The molecule has 0 aliphatic rings. The normalized spacial score (nSPS) is 11.0. The Kier molecular flexibility index (Phi) is 2.76. The van der Waals surface area contributed by atoms with Crippen LogP contribution in [0.2, 0.25) is 5.15 Å². The number of fused-ring (bicyclic) bond motifs is 1. The lowest BCUT2D eigenvalue weighted by Gasteiger charge is -1.98. The van der Waals surface area contributed by atoms with Crippen molar-refractivity contribution in [2.24, 2.45) is 0 Å². The number of rotatable bonds is 2. The van der Waals surface area contributed by atoms with E-state index in [1.165, 1.54) is 6.07 Å². The van der Waals surface area contributed by atoms with Crippen LogP contribution in [0.1, 0.15) is 11.3 Å². The molecule has 0 unspecified atom stereocenters. The van der Waals surface area contributed by atoms with Gasteiger partial charge in [0.05, 0.1) is 5.69 Å². The number of benzene rings is 1. The van der Waals surface area contributed by atoms with Crippen molar-refractivity contribution in [3.05, 3.63) is 70.9 Å². The second kappa shape index (κ2) is 4.42. The Balaban J connectivity index is 2.01. The molecule has 4 heteroatoms. The van der Waals surface area contributed by atoms with E-state index in [0.717, 1.165) is 11.3 Å². The molecule has 0 bridgehead atoms. The summed E-state index contributed by atoms with van der Waals surface area (Å²) < 4.78 is 15.3. The van der Waals surface area contributed by atoms with Crippen molar-refractivity contribution in [1.29, 1.82) is 0 Å². The second-order valence-electron chi connectivity index (χ2n) is 4.08. The van der Waals surface area contributed by atoms with Crippen LogP contribution in [0.5, 0.6) is 0 Å². The van der Waals surface area contributed by atoms with Gasteiger partial charge in [0.2, 0.25) is 0 Å². The minimum atomic E-state index is -0.208. The number of nitrogens with zero attached hydrogens (tertiary/aromatic N) is 2. The molecule has 2 nitrogen and oxygen atoms in total. The standard InChI is InChI=1S/C14H10ClFN2/c15-13-6-3-7-14-17-11(9-18(13)14)8-10-4-1-2-5-12(10)16/h1-7,9H,8H2. The molecule has 18 heavy (non-hydrogen) atoms. The SMILES string of the molecule is Fc1ccccc1Cc1cn2c(Cl)cccc2n1. The fourth-order valence-electron chi connectivity index (χ4n) is 1.95. The molecule has 0 atom stereocenters. The maximum Gasteiger partial charge on any atom is 0.138 e. The molecule has 1 aromatic carbocycles.